The molecule has 1 rings (SSSR count). The van der Waals surface area contributed by atoms with Crippen molar-refractivity contribution in [1.82, 2.24) is 5.32 Å². The molecule has 0 saturated heterocycles. The highest BCUT2D eigenvalue weighted by Crippen LogP contribution is 2.35. The number of unbranched alkanes of at least 4 members (excludes halogenated alkanes) is 2. The first kappa shape index (κ1) is 20.1. The molecule has 25 heavy (non-hydrogen) atoms. The van der Waals surface area contributed by atoms with Gasteiger partial charge in [-0.1, -0.05) is 0 Å². The number of nitrogens with one attached hydrogen (secondary N) is 2. The van der Waals surface area contributed by atoms with Gasteiger partial charge in [0.15, 0.2) is 11.4 Å². The Morgan fingerprint density at radius 3 is 2.32 bits per heavy atom. The lowest BCUT2D eigenvalue weighted by molar-refractivity contribution is 0.0527. The number of rotatable bonds is 7. The minimum Gasteiger partial charge on any atom is -0.444 e. The molecule has 0 heterocycles. The summed E-state index contributed by atoms with van der Waals surface area (Å²) in [5, 5.41) is 5.91. The van der Waals surface area contributed by atoms with Crippen molar-refractivity contribution in [2.75, 3.05) is 24.1 Å². The number of amides is 1. The Hall–Kier alpha value is -2.93. The Bertz CT molecular complexity index is 680. The predicted octanol–water partition coefficient (Wildman–Crippen LogP) is 4.48. The van der Waals surface area contributed by atoms with Gasteiger partial charge in [-0.2, -0.15) is 0 Å². The molecule has 1 aromatic rings. The summed E-state index contributed by atoms with van der Waals surface area (Å²) >= 11 is 0. The third-order valence-corrected chi connectivity index (χ3v) is 3.22. The molecule has 1 aromatic carbocycles. The molecule has 0 unspecified atom stereocenters. The van der Waals surface area contributed by atoms with Crippen molar-refractivity contribution in [3.63, 3.8) is 0 Å². The SMILES string of the molecule is [C-]#[N+]c1cc(N)c(NCCCCCNC(=O)OC(C)(C)C)cc1[N+]#[C-]. The van der Waals surface area contributed by atoms with Crippen LogP contribution in [0.2, 0.25) is 0 Å². The number of benzene rings is 1. The molecule has 0 fully saturated rings. The fourth-order valence-corrected chi connectivity index (χ4v) is 2.08. The van der Waals surface area contributed by atoms with E-state index in [-0.39, 0.29) is 5.69 Å². The Morgan fingerprint density at radius 2 is 1.72 bits per heavy atom. The maximum Gasteiger partial charge on any atom is 0.407 e. The molecule has 0 bridgehead atoms. The van der Waals surface area contributed by atoms with Crippen LogP contribution in [0.4, 0.5) is 27.5 Å². The average Bonchev–Trinajstić information content (AvgIpc) is 2.53. The van der Waals surface area contributed by atoms with Gasteiger partial charge in [0.1, 0.15) is 5.60 Å². The summed E-state index contributed by atoms with van der Waals surface area (Å²) in [4.78, 5) is 18.1. The largest absolute Gasteiger partial charge is 0.444 e. The molecule has 0 aliphatic heterocycles. The monoisotopic (exact) mass is 343 g/mol. The highest BCUT2D eigenvalue weighted by atomic mass is 16.6. The van der Waals surface area contributed by atoms with Crippen LogP contribution in [-0.2, 0) is 4.74 Å². The van der Waals surface area contributed by atoms with Gasteiger partial charge in [-0.15, -0.1) is 0 Å². The fourth-order valence-electron chi connectivity index (χ4n) is 2.08. The number of nitrogens with zero attached hydrogens (tertiary/aromatic N) is 2. The van der Waals surface area contributed by atoms with E-state index >= 15 is 0 Å². The number of ether oxygens (including phenoxy) is 1. The first-order valence-electron chi connectivity index (χ1n) is 8.16. The van der Waals surface area contributed by atoms with E-state index in [9.17, 15) is 4.79 Å². The van der Waals surface area contributed by atoms with Gasteiger partial charge in [0.05, 0.1) is 13.1 Å². The number of hydrogen-bond acceptors (Lipinski definition) is 4. The third-order valence-electron chi connectivity index (χ3n) is 3.22. The Labute approximate surface area is 149 Å². The van der Waals surface area contributed by atoms with Crippen molar-refractivity contribution in [2.24, 2.45) is 0 Å². The van der Waals surface area contributed by atoms with Crippen LogP contribution in [0.3, 0.4) is 0 Å². The Balaban J connectivity index is 2.28. The smallest absolute Gasteiger partial charge is 0.407 e. The molecule has 0 atom stereocenters. The highest BCUT2D eigenvalue weighted by molar-refractivity contribution is 5.83. The summed E-state index contributed by atoms with van der Waals surface area (Å²) in [5.41, 5.74) is 7.11. The number of anilines is 2. The molecule has 0 spiro atoms. The van der Waals surface area contributed by atoms with E-state index in [1.807, 2.05) is 20.8 Å². The highest BCUT2D eigenvalue weighted by Gasteiger charge is 2.15. The Morgan fingerprint density at radius 1 is 1.12 bits per heavy atom. The first-order chi connectivity index (χ1) is 11.8. The summed E-state index contributed by atoms with van der Waals surface area (Å²) in [6.45, 7) is 20.9. The number of carbonyl (C=O) groups excluding carboxylic acids is 1. The number of hydrogen-bond donors (Lipinski definition) is 3. The van der Waals surface area contributed by atoms with Gasteiger partial charge in [0.2, 0.25) is 0 Å². The van der Waals surface area contributed by atoms with Gasteiger partial charge in [0.25, 0.3) is 0 Å². The van der Waals surface area contributed by atoms with Crippen LogP contribution in [0.25, 0.3) is 9.69 Å². The normalized spacial score (nSPS) is 10.4. The van der Waals surface area contributed by atoms with E-state index in [1.165, 1.54) is 6.07 Å². The van der Waals surface area contributed by atoms with Crippen LogP contribution in [0.15, 0.2) is 12.1 Å². The number of nitrogens with two attached hydrogens (primary N) is 1. The Kier molecular flexibility index (Phi) is 7.55. The molecule has 7 heteroatoms. The molecule has 0 radical (unpaired) electrons. The zero-order valence-corrected chi connectivity index (χ0v) is 15.0. The van der Waals surface area contributed by atoms with Gasteiger partial charge in [-0.3, -0.25) is 9.69 Å². The molecule has 134 valence electrons. The zero-order valence-electron chi connectivity index (χ0n) is 15.0. The summed E-state index contributed by atoms with van der Waals surface area (Å²) in [5.74, 6) is 0. The summed E-state index contributed by atoms with van der Waals surface area (Å²) in [7, 11) is 0. The molecular weight excluding hydrogens is 318 g/mol. The molecule has 0 aliphatic rings. The second kappa shape index (κ2) is 9.39. The second-order valence-electron chi connectivity index (χ2n) is 6.57. The van der Waals surface area contributed by atoms with Crippen LogP contribution in [-0.4, -0.2) is 24.8 Å². The van der Waals surface area contributed by atoms with Crippen LogP contribution in [0.1, 0.15) is 40.0 Å². The number of alkyl carbamates (subject to hydrolysis) is 1. The molecule has 7 nitrogen and oxygen atoms in total. The van der Waals surface area contributed by atoms with Crippen LogP contribution >= 0.6 is 0 Å². The minimum atomic E-state index is -0.485. The lowest BCUT2D eigenvalue weighted by Crippen LogP contribution is -2.33. The number of carbonyl (C=O) groups is 1. The summed E-state index contributed by atoms with van der Waals surface area (Å²) < 4.78 is 5.16. The van der Waals surface area contributed by atoms with E-state index in [2.05, 4.69) is 20.3 Å². The fraction of sp³-hybridized carbons (Fsp3) is 0.500. The lowest BCUT2D eigenvalue weighted by Gasteiger charge is -2.19. The van der Waals surface area contributed by atoms with Crippen molar-refractivity contribution in [3.05, 3.63) is 35.0 Å². The van der Waals surface area contributed by atoms with Crippen LogP contribution < -0.4 is 16.4 Å². The lowest BCUT2D eigenvalue weighted by atomic mass is 10.2. The van der Waals surface area contributed by atoms with Crippen molar-refractivity contribution in [3.8, 4) is 0 Å². The molecular formula is C18H25N5O2. The molecule has 0 saturated carbocycles. The van der Waals surface area contributed by atoms with Gasteiger partial charge in [0, 0.05) is 24.5 Å². The van der Waals surface area contributed by atoms with Gasteiger partial charge < -0.3 is 21.1 Å². The molecule has 0 aromatic heterocycles. The predicted molar refractivity (Wildman–Crippen MR) is 100.0 cm³/mol. The van der Waals surface area contributed by atoms with Gasteiger partial charge in [-0.05, 0) is 52.2 Å². The van der Waals surface area contributed by atoms with E-state index in [1.54, 1.807) is 6.07 Å². The van der Waals surface area contributed by atoms with E-state index < -0.39 is 11.7 Å². The van der Waals surface area contributed by atoms with Crippen LogP contribution in [0, 0.1) is 13.1 Å². The summed E-state index contributed by atoms with van der Waals surface area (Å²) in [6.07, 6.45) is 2.27. The average molecular weight is 343 g/mol. The summed E-state index contributed by atoms with van der Waals surface area (Å²) in [6, 6.07) is 3.13. The topological polar surface area (TPSA) is 85.1 Å². The second-order valence-corrected chi connectivity index (χ2v) is 6.57. The van der Waals surface area contributed by atoms with E-state index in [4.69, 9.17) is 23.6 Å². The maximum atomic E-state index is 11.5. The quantitative estimate of drug-likeness (QED) is 0.387. The van der Waals surface area contributed by atoms with Crippen molar-refractivity contribution >= 4 is 28.8 Å². The zero-order chi connectivity index (χ0) is 18.9. The minimum absolute atomic E-state index is 0.270. The maximum absolute atomic E-state index is 11.5. The molecule has 1 amide bonds. The van der Waals surface area contributed by atoms with Crippen LogP contribution in [0.5, 0.6) is 0 Å². The van der Waals surface area contributed by atoms with Crippen molar-refractivity contribution in [2.45, 2.75) is 45.6 Å². The standard InChI is InChI=1S/C18H25N5O2/c1-18(2,3)25-17(24)23-10-8-6-7-9-22-14-12-16(21-5)15(20-4)11-13(14)19/h11-12,22H,6-10,19H2,1-3H3,(H,23,24). The van der Waals surface area contributed by atoms with Gasteiger partial charge in [-0.25, -0.2) is 4.79 Å². The van der Waals surface area contributed by atoms with Crippen molar-refractivity contribution in [1.29, 1.82) is 0 Å². The first-order valence-corrected chi connectivity index (χ1v) is 8.16. The third kappa shape index (κ3) is 7.45. The van der Waals surface area contributed by atoms with E-state index in [0.717, 1.165) is 19.3 Å². The van der Waals surface area contributed by atoms with Gasteiger partial charge >= 0.3 is 6.09 Å². The molecule has 0 aliphatic carbocycles. The number of nitrogen functional groups attached to an aromatic ring is 1. The van der Waals surface area contributed by atoms with Crippen molar-refractivity contribution < 1.29 is 9.53 Å². The van der Waals surface area contributed by atoms with E-state index in [0.29, 0.717) is 30.2 Å². The molecule has 4 N–H and O–H groups in total.